The van der Waals surface area contributed by atoms with E-state index in [1.807, 2.05) is 13.0 Å². The summed E-state index contributed by atoms with van der Waals surface area (Å²) in [4.78, 5) is 10.7. The average molecular weight is 208 g/mol. The summed E-state index contributed by atoms with van der Waals surface area (Å²) in [5.41, 5.74) is 5.62. The predicted molar refractivity (Wildman–Crippen MR) is 62.9 cm³/mol. The maximum atomic E-state index is 5.62. The van der Waals surface area contributed by atoms with Crippen LogP contribution in [0.2, 0.25) is 0 Å². The van der Waals surface area contributed by atoms with Crippen molar-refractivity contribution < 1.29 is 0 Å². The van der Waals surface area contributed by atoms with Crippen LogP contribution in [0.3, 0.4) is 0 Å². The molecule has 2 N–H and O–H groups in total. The largest absolute Gasteiger partial charge is 0.356 e. The Balaban J connectivity index is 2.73. The van der Waals surface area contributed by atoms with E-state index in [4.69, 9.17) is 5.73 Å². The molecule has 0 amide bonds. The number of nitrogens with zero attached hydrogens (tertiary/aromatic N) is 3. The molecule has 4 nitrogen and oxygen atoms in total. The van der Waals surface area contributed by atoms with Crippen molar-refractivity contribution >= 4 is 5.82 Å². The van der Waals surface area contributed by atoms with Crippen molar-refractivity contribution in [3.63, 3.8) is 0 Å². The molecule has 0 aliphatic carbocycles. The molecule has 84 valence electrons. The van der Waals surface area contributed by atoms with Crippen LogP contribution in [0.15, 0.2) is 12.3 Å². The third-order valence-electron chi connectivity index (χ3n) is 2.40. The molecule has 0 bridgehead atoms. The van der Waals surface area contributed by atoms with Crippen molar-refractivity contribution in [2.45, 2.75) is 20.8 Å². The molecule has 0 aromatic carbocycles. The molecule has 1 unspecified atom stereocenters. The van der Waals surface area contributed by atoms with E-state index in [0.717, 1.165) is 24.7 Å². The second-order valence-corrected chi connectivity index (χ2v) is 3.84. The Labute approximate surface area is 91.5 Å². The normalized spacial score (nSPS) is 12.5. The van der Waals surface area contributed by atoms with Crippen LogP contribution in [-0.4, -0.2) is 29.6 Å². The maximum absolute atomic E-state index is 5.62. The topological polar surface area (TPSA) is 55.0 Å². The van der Waals surface area contributed by atoms with E-state index in [1.165, 1.54) is 0 Å². The zero-order chi connectivity index (χ0) is 11.3. The molecule has 0 saturated heterocycles. The van der Waals surface area contributed by atoms with Crippen LogP contribution in [0, 0.1) is 12.8 Å². The molecule has 0 fully saturated rings. The van der Waals surface area contributed by atoms with Crippen molar-refractivity contribution in [3.05, 3.63) is 18.1 Å². The van der Waals surface area contributed by atoms with Gasteiger partial charge < -0.3 is 10.6 Å². The van der Waals surface area contributed by atoms with Gasteiger partial charge in [-0.2, -0.15) is 0 Å². The fraction of sp³-hybridized carbons (Fsp3) is 0.636. The lowest BCUT2D eigenvalue weighted by Crippen LogP contribution is -2.32. The molecule has 1 aromatic heterocycles. The van der Waals surface area contributed by atoms with Crippen LogP contribution in [0.1, 0.15) is 19.7 Å². The Morgan fingerprint density at radius 3 is 2.80 bits per heavy atom. The van der Waals surface area contributed by atoms with Crippen molar-refractivity contribution in [1.29, 1.82) is 0 Å². The minimum Gasteiger partial charge on any atom is -0.356 e. The van der Waals surface area contributed by atoms with Crippen LogP contribution in [0.4, 0.5) is 5.82 Å². The summed E-state index contributed by atoms with van der Waals surface area (Å²) in [5, 5.41) is 0. The fourth-order valence-corrected chi connectivity index (χ4v) is 1.46. The second-order valence-electron chi connectivity index (χ2n) is 3.84. The Hall–Kier alpha value is -1.16. The lowest BCUT2D eigenvalue weighted by atomic mass is 10.1. The van der Waals surface area contributed by atoms with E-state index < -0.39 is 0 Å². The Bertz CT molecular complexity index is 300. The number of aryl methyl sites for hydroxylation is 1. The third-order valence-corrected chi connectivity index (χ3v) is 2.40. The molecule has 1 rings (SSSR count). The summed E-state index contributed by atoms with van der Waals surface area (Å²) < 4.78 is 0. The van der Waals surface area contributed by atoms with Crippen LogP contribution in [-0.2, 0) is 0 Å². The van der Waals surface area contributed by atoms with Crippen molar-refractivity contribution in [3.8, 4) is 0 Å². The lowest BCUT2D eigenvalue weighted by Gasteiger charge is -2.24. The molecule has 0 aliphatic rings. The van der Waals surface area contributed by atoms with Gasteiger partial charge in [0.25, 0.3) is 0 Å². The van der Waals surface area contributed by atoms with Gasteiger partial charge in [-0.3, -0.25) is 0 Å². The Kier molecular flexibility index (Phi) is 4.49. The van der Waals surface area contributed by atoms with E-state index in [0.29, 0.717) is 12.5 Å². The highest BCUT2D eigenvalue weighted by Crippen LogP contribution is 2.11. The van der Waals surface area contributed by atoms with Crippen LogP contribution < -0.4 is 10.6 Å². The van der Waals surface area contributed by atoms with E-state index >= 15 is 0 Å². The van der Waals surface area contributed by atoms with Crippen molar-refractivity contribution in [2.75, 3.05) is 24.5 Å². The summed E-state index contributed by atoms with van der Waals surface area (Å²) in [6.07, 6.45) is 1.80. The first-order chi connectivity index (χ1) is 7.17. The van der Waals surface area contributed by atoms with E-state index in [2.05, 4.69) is 28.7 Å². The smallest absolute Gasteiger partial charge is 0.132 e. The number of aromatic nitrogens is 2. The summed E-state index contributed by atoms with van der Waals surface area (Å²) in [7, 11) is 0. The number of hydrogen-bond donors (Lipinski definition) is 1. The van der Waals surface area contributed by atoms with Gasteiger partial charge in [0, 0.05) is 19.3 Å². The highest BCUT2D eigenvalue weighted by Gasteiger charge is 2.09. The minimum absolute atomic E-state index is 0.486. The number of rotatable bonds is 5. The van der Waals surface area contributed by atoms with Gasteiger partial charge in [-0.05, 0) is 32.4 Å². The summed E-state index contributed by atoms with van der Waals surface area (Å²) >= 11 is 0. The molecule has 0 radical (unpaired) electrons. The average Bonchev–Trinajstić information content (AvgIpc) is 2.25. The van der Waals surface area contributed by atoms with Gasteiger partial charge in [0.2, 0.25) is 0 Å². The van der Waals surface area contributed by atoms with Crippen molar-refractivity contribution in [2.24, 2.45) is 11.7 Å². The van der Waals surface area contributed by atoms with E-state index in [-0.39, 0.29) is 0 Å². The van der Waals surface area contributed by atoms with Gasteiger partial charge in [0.1, 0.15) is 11.6 Å². The zero-order valence-corrected chi connectivity index (χ0v) is 9.77. The van der Waals surface area contributed by atoms with E-state index in [9.17, 15) is 0 Å². The molecule has 4 heteroatoms. The number of hydrogen-bond acceptors (Lipinski definition) is 4. The fourth-order valence-electron chi connectivity index (χ4n) is 1.46. The molecule has 0 spiro atoms. The molecule has 1 atom stereocenters. The lowest BCUT2D eigenvalue weighted by molar-refractivity contribution is 0.572. The van der Waals surface area contributed by atoms with Gasteiger partial charge >= 0.3 is 0 Å². The van der Waals surface area contributed by atoms with Gasteiger partial charge in [-0.25, -0.2) is 9.97 Å². The molecule has 0 aliphatic heterocycles. The summed E-state index contributed by atoms with van der Waals surface area (Å²) in [6.45, 7) is 8.78. The first-order valence-electron chi connectivity index (χ1n) is 5.42. The summed E-state index contributed by atoms with van der Waals surface area (Å²) in [6, 6.07) is 1.94. The quantitative estimate of drug-likeness (QED) is 0.790. The van der Waals surface area contributed by atoms with Gasteiger partial charge in [0.15, 0.2) is 0 Å². The minimum atomic E-state index is 0.486. The second kappa shape index (κ2) is 5.66. The van der Waals surface area contributed by atoms with Crippen LogP contribution in [0.5, 0.6) is 0 Å². The molecule has 1 heterocycles. The van der Waals surface area contributed by atoms with Gasteiger partial charge in [-0.1, -0.05) is 6.92 Å². The van der Waals surface area contributed by atoms with Crippen LogP contribution in [0.25, 0.3) is 0 Å². The first-order valence-corrected chi connectivity index (χ1v) is 5.42. The number of anilines is 1. The van der Waals surface area contributed by atoms with Crippen LogP contribution >= 0.6 is 0 Å². The van der Waals surface area contributed by atoms with Gasteiger partial charge in [0.05, 0.1) is 0 Å². The predicted octanol–water partition coefficient (Wildman–Crippen LogP) is 1.21. The van der Waals surface area contributed by atoms with Crippen molar-refractivity contribution in [1.82, 2.24) is 9.97 Å². The molecule has 1 aromatic rings. The highest BCUT2D eigenvalue weighted by atomic mass is 15.2. The maximum Gasteiger partial charge on any atom is 0.132 e. The Morgan fingerprint density at radius 2 is 2.27 bits per heavy atom. The molecule has 15 heavy (non-hydrogen) atoms. The zero-order valence-electron chi connectivity index (χ0n) is 9.77. The highest BCUT2D eigenvalue weighted by molar-refractivity contribution is 5.37. The third kappa shape index (κ3) is 3.47. The first kappa shape index (κ1) is 11.9. The van der Waals surface area contributed by atoms with Gasteiger partial charge in [-0.15, -0.1) is 0 Å². The Morgan fingerprint density at radius 1 is 1.53 bits per heavy atom. The molecular formula is C11H20N4. The SMILES string of the molecule is CCN(CC(C)CN)c1ccnc(C)n1. The van der Waals surface area contributed by atoms with E-state index in [1.54, 1.807) is 6.20 Å². The molecular weight excluding hydrogens is 188 g/mol. The molecule has 0 saturated carbocycles. The number of nitrogens with two attached hydrogens (primary N) is 1. The monoisotopic (exact) mass is 208 g/mol. The summed E-state index contributed by atoms with van der Waals surface area (Å²) in [5.74, 6) is 2.29. The standard InChI is InChI=1S/C11H20N4/c1-4-15(8-9(2)7-12)11-5-6-13-10(3)14-11/h5-6,9H,4,7-8,12H2,1-3H3.